The molecule has 170 valence electrons. The maximum absolute atomic E-state index is 12.4. The van der Waals surface area contributed by atoms with Gasteiger partial charge in [0.25, 0.3) is 0 Å². The Morgan fingerprint density at radius 2 is 1.72 bits per heavy atom. The highest BCUT2D eigenvalue weighted by Gasteiger charge is 2.16. The topological polar surface area (TPSA) is 126 Å². The standard InChI is InChI=1S/C21H25N5O4S2/c1-5-14(2)25-32(29,30)20-12-6-17(7-13-20)22-23-21-15(3)24-26(16(21)4)18-8-10-19(11-9-18)31(27)28/h6-14,25H,5H2,1-4H3,(H,27,28). The number of aryl methyl sites for hydroxylation is 1. The highest BCUT2D eigenvalue weighted by Crippen LogP contribution is 2.28. The average Bonchev–Trinajstić information content (AvgIpc) is 3.05. The van der Waals surface area contributed by atoms with Gasteiger partial charge >= 0.3 is 0 Å². The van der Waals surface area contributed by atoms with Gasteiger partial charge in [-0.15, -0.1) is 5.11 Å². The van der Waals surface area contributed by atoms with Crippen LogP contribution >= 0.6 is 0 Å². The lowest BCUT2D eigenvalue weighted by Gasteiger charge is -2.11. The van der Waals surface area contributed by atoms with Crippen molar-refractivity contribution in [1.29, 1.82) is 0 Å². The quantitative estimate of drug-likeness (QED) is 0.365. The molecule has 0 aliphatic rings. The van der Waals surface area contributed by atoms with Gasteiger partial charge in [0.15, 0.2) is 11.1 Å². The molecule has 0 radical (unpaired) electrons. The number of sulfonamides is 1. The Hall–Kier alpha value is -2.73. The van der Waals surface area contributed by atoms with E-state index in [4.69, 9.17) is 4.55 Å². The van der Waals surface area contributed by atoms with E-state index in [1.807, 2.05) is 27.7 Å². The molecule has 0 aliphatic heterocycles. The van der Waals surface area contributed by atoms with Crippen LogP contribution in [0.5, 0.6) is 0 Å². The molecule has 32 heavy (non-hydrogen) atoms. The van der Waals surface area contributed by atoms with E-state index in [0.29, 0.717) is 28.4 Å². The zero-order valence-electron chi connectivity index (χ0n) is 18.2. The van der Waals surface area contributed by atoms with Crippen LogP contribution in [0.3, 0.4) is 0 Å². The van der Waals surface area contributed by atoms with Crippen LogP contribution in [-0.2, 0) is 21.1 Å². The summed E-state index contributed by atoms with van der Waals surface area (Å²) in [6.45, 7) is 7.38. The molecule has 11 heteroatoms. The van der Waals surface area contributed by atoms with Crippen LogP contribution in [0.15, 0.2) is 68.6 Å². The van der Waals surface area contributed by atoms with Gasteiger partial charge in [-0.25, -0.2) is 22.0 Å². The second-order valence-corrected chi connectivity index (χ2v) is 9.98. The number of nitrogens with one attached hydrogen (secondary N) is 1. The number of benzene rings is 2. The van der Waals surface area contributed by atoms with Crippen molar-refractivity contribution in [3.63, 3.8) is 0 Å². The molecule has 1 heterocycles. The van der Waals surface area contributed by atoms with E-state index in [9.17, 15) is 12.6 Å². The van der Waals surface area contributed by atoms with Crippen LogP contribution in [0.2, 0.25) is 0 Å². The van der Waals surface area contributed by atoms with Gasteiger partial charge in [0, 0.05) is 6.04 Å². The first-order chi connectivity index (χ1) is 15.1. The minimum Gasteiger partial charge on any atom is -0.302 e. The number of aromatic nitrogens is 2. The fourth-order valence-corrected chi connectivity index (χ4v) is 4.65. The van der Waals surface area contributed by atoms with E-state index < -0.39 is 21.1 Å². The van der Waals surface area contributed by atoms with Gasteiger partial charge in [0.1, 0.15) is 5.69 Å². The predicted molar refractivity (Wildman–Crippen MR) is 123 cm³/mol. The van der Waals surface area contributed by atoms with Crippen LogP contribution in [0.25, 0.3) is 5.69 Å². The largest absolute Gasteiger partial charge is 0.302 e. The number of hydrogen-bond acceptors (Lipinski definition) is 6. The highest BCUT2D eigenvalue weighted by molar-refractivity contribution is 7.89. The van der Waals surface area contributed by atoms with Gasteiger partial charge in [0.05, 0.1) is 32.6 Å². The van der Waals surface area contributed by atoms with E-state index in [1.165, 1.54) is 12.1 Å². The van der Waals surface area contributed by atoms with Crippen LogP contribution in [0.1, 0.15) is 31.7 Å². The Bertz CT molecular complexity index is 1250. The number of azo groups is 1. The maximum Gasteiger partial charge on any atom is 0.240 e. The molecule has 1 aromatic heterocycles. The molecular weight excluding hydrogens is 450 g/mol. The molecule has 0 aliphatic carbocycles. The molecule has 2 aromatic carbocycles. The summed E-state index contributed by atoms with van der Waals surface area (Å²) in [5.41, 5.74) is 3.24. The third-order valence-corrected chi connectivity index (χ3v) is 7.20. The number of nitrogens with zero attached hydrogens (tertiary/aromatic N) is 4. The molecule has 2 N–H and O–H groups in total. The lowest BCUT2D eigenvalue weighted by molar-refractivity contribution is 0.555. The highest BCUT2D eigenvalue weighted by atomic mass is 32.2. The van der Waals surface area contributed by atoms with Gasteiger partial charge in [-0.3, -0.25) is 0 Å². The molecule has 3 rings (SSSR count). The summed E-state index contributed by atoms with van der Waals surface area (Å²) < 4.78 is 49.4. The second kappa shape index (κ2) is 9.82. The van der Waals surface area contributed by atoms with Crippen molar-refractivity contribution in [3.05, 3.63) is 59.9 Å². The first-order valence-electron chi connectivity index (χ1n) is 9.94. The maximum atomic E-state index is 12.4. The monoisotopic (exact) mass is 475 g/mol. The fraction of sp³-hybridized carbons (Fsp3) is 0.286. The van der Waals surface area contributed by atoms with Crippen LogP contribution in [0, 0.1) is 13.8 Å². The second-order valence-electron chi connectivity index (χ2n) is 7.30. The molecule has 0 saturated carbocycles. The SMILES string of the molecule is CCC(C)NS(=O)(=O)c1ccc(N=Nc2c(C)nn(-c3ccc(S(=O)O)cc3)c2C)cc1. The number of rotatable bonds is 8. The van der Waals surface area contributed by atoms with Gasteiger partial charge in [0.2, 0.25) is 10.0 Å². The van der Waals surface area contributed by atoms with Crippen molar-refractivity contribution in [2.45, 2.75) is 49.9 Å². The van der Waals surface area contributed by atoms with Gasteiger partial charge in [-0.05, 0) is 75.7 Å². The van der Waals surface area contributed by atoms with Gasteiger partial charge in [-0.1, -0.05) is 6.92 Å². The molecule has 3 aromatic rings. The zero-order chi connectivity index (χ0) is 23.5. The Morgan fingerprint density at radius 1 is 1.09 bits per heavy atom. The van der Waals surface area contributed by atoms with E-state index in [-0.39, 0.29) is 10.9 Å². The molecule has 0 spiro atoms. The Morgan fingerprint density at radius 3 is 2.28 bits per heavy atom. The van der Waals surface area contributed by atoms with Crippen molar-refractivity contribution in [3.8, 4) is 5.69 Å². The summed E-state index contributed by atoms with van der Waals surface area (Å²) in [4.78, 5) is 0.476. The molecule has 0 amide bonds. The van der Waals surface area contributed by atoms with Crippen molar-refractivity contribution in [1.82, 2.24) is 14.5 Å². The number of hydrogen-bond donors (Lipinski definition) is 2. The first kappa shape index (κ1) is 23.9. The molecule has 0 saturated heterocycles. The summed E-state index contributed by atoms with van der Waals surface area (Å²) in [6.07, 6.45) is 0.697. The third kappa shape index (κ3) is 5.36. The normalized spacial score (nSPS) is 14.0. The lowest BCUT2D eigenvalue weighted by atomic mass is 10.3. The van der Waals surface area contributed by atoms with Crippen LogP contribution in [-0.4, -0.2) is 33.0 Å². The smallest absolute Gasteiger partial charge is 0.240 e. The van der Waals surface area contributed by atoms with E-state index in [0.717, 1.165) is 11.4 Å². The molecule has 2 unspecified atom stereocenters. The van der Waals surface area contributed by atoms with E-state index in [2.05, 4.69) is 20.0 Å². The Labute approximate surface area is 189 Å². The van der Waals surface area contributed by atoms with E-state index in [1.54, 1.807) is 41.1 Å². The molecule has 0 bridgehead atoms. The summed E-state index contributed by atoms with van der Waals surface area (Å²) in [5.74, 6) is 0. The van der Waals surface area contributed by atoms with Gasteiger partial charge in [-0.2, -0.15) is 10.2 Å². The van der Waals surface area contributed by atoms with Crippen molar-refractivity contribution in [2.24, 2.45) is 10.2 Å². The fourth-order valence-electron chi connectivity index (χ4n) is 2.95. The summed E-state index contributed by atoms with van der Waals surface area (Å²) in [7, 11) is -3.58. The van der Waals surface area contributed by atoms with Crippen molar-refractivity contribution >= 4 is 32.5 Å². The molecule has 0 fully saturated rings. The first-order valence-corrected chi connectivity index (χ1v) is 12.5. The van der Waals surface area contributed by atoms with Crippen LogP contribution < -0.4 is 4.72 Å². The van der Waals surface area contributed by atoms with Gasteiger partial charge < -0.3 is 4.55 Å². The molecule has 2 atom stereocenters. The van der Waals surface area contributed by atoms with E-state index >= 15 is 0 Å². The lowest BCUT2D eigenvalue weighted by Crippen LogP contribution is -2.31. The summed E-state index contributed by atoms with van der Waals surface area (Å²) >= 11 is -2.04. The Balaban J connectivity index is 1.82. The minimum atomic E-state index is -3.58. The molecular formula is C21H25N5O4S2. The minimum absolute atomic E-state index is 0.149. The Kier molecular flexibility index (Phi) is 7.34. The zero-order valence-corrected chi connectivity index (χ0v) is 19.8. The predicted octanol–water partition coefficient (Wildman–Crippen LogP) is 4.56. The third-order valence-electron chi connectivity index (χ3n) is 4.92. The summed E-state index contributed by atoms with van der Waals surface area (Å²) in [5, 5.41) is 13.0. The van der Waals surface area contributed by atoms with Crippen molar-refractivity contribution in [2.75, 3.05) is 0 Å². The van der Waals surface area contributed by atoms with Crippen LogP contribution in [0.4, 0.5) is 11.4 Å². The molecule has 9 nitrogen and oxygen atoms in total. The van der Waals surface area contributed by atoms with Crippen molar-refractivity contribution < 1.29 is 17.2 Å². The average molecular weight is 476 g/mol. The summed E-state index contributed by atoms with van der Waals surface area (Å²) in [6, 6.07) is 12.6.